The third-order valence-corrected chi connectivity index (χ3v) is 2.91. The van der Waals surface area contributed by atoms with E-state index in [0.717, 1.165) is 25.9 Å². The van der Waals surface area contributed by atoms with E-state index in [-0.39, 0.29) is 24.4 Å². The fraction of sp³-hybridized carbons (Fsp3) is 0.385. The highest BCUT2D eigenvalue weighted by Crippen LogP contribution is 2.06. The summed E-state index contributed by atoms with van der Waals surface area (Å²) < 4.78 is 0. The number of carbonyl (C=O) groups excluding carboxylic acids is 1. The van der Waals surface area contributed by atoms with Gasteiger partial charge in [-0.15, -0.1) is 12.4 Å². The number of hydrogen-bond donors (Lipinski definition) is 2. The van der Waals surface area contributed by atoms with Gasteiger partial charge in [0.2, 0.25) is 0 Å². The topological polar surface area (TPSA) is 64.9 Å². The molecule has 1 aliphatic rings. The highest BCUT2D eigenvalue weighted by molar-refractivity contribution is 5.94. The Bertz CT molecular complexity index is 433. The van der Waals surface area contributed by atoms with Gasteiger partial charge in [0.1, 0.15) is 0 Å². The Kier molecular flexibility index (Phi) is 5.63. The zero-order chi connectivity index (χ0) is 12.1. The third kappa shape index (κ3) is 3.73. The molecule has 0 aromatic heterocycles. The number of nitrogens with zero attached hydrogens (tertiary/aromatic N) is 1. The Morgan fingerprint density at radius 3 is 2.67 bits per heavy atom. The van der Waals surface area contributed by atoms with Crippen LogP contribution < -0.4 is 10.6 Å². The molecule has 1 heterocycles. The van der Waals surface area contributed by atoms with E-state index in [4.69, 9.17) is 5.26 Å². The predicted molar refractivity (Wildman–Crippen MR) is 71.8 cm³/mol. The first-order valence-corrected chi connectivity index (χ1v) is 5.81. The van der Waals surface area contributed by atoms with Gasteiger partial charge in [-0.05, 0) is 43.7 Å². The van der Waals surface area contributed by atoms with Gasteiger partial charge in [0.25, 0.3) is 5.91 Å². The largest absolute Gasteiger partial charge is 0.348 e. The smallest absolute Gasteiger partial charge is 0.251 e. The molecule has 1 saturated heterocycles. The molecule has 0 spiro atoms. The van der Waals surface area contributed by atoms with Crippen molar-refractivity contribution in [1.29, 1.82) is 5.26 Å². The Morgan fingerprint density at radius 1 is 1.39 bits per heavy atom. The van der Waals surface area contributed by atoms with Gasteiger partial charge in [-0.25, -0.2) is 0 Å². The van der Waals surface area contributed by atoms with E-state index in [1.807, 2.05) is 6.07 Å². The molecule has 0 aliphatic carbocycles. The Morgan fingerprint density at radius 2 is 2.11 bits per heavy atom. The van der Waals surface area contributed by atoms with E-state index in [1.54, 1.807) is 24.3 Å². The molecule has 18 heavy (non-hydrogen) atoms. The van der Waals surface area contributed by atoms with Gasteiger partial charge in [-0.3, -0.25) is 4.79 Å². The second kappa shape index (κ2) is 7.00. The Hall–Kier alpha value is -1.57. The average molecular weight is 266 g/mol. The number of benzene rings is 1. The second-order valence-corrected chi connectivity index (χ2v) is 4.21. The first-order valence-electron chi connectivity index (χ1n) is 5.81. The zero-order valence-electron chi connectivity index (χ0n) is 9.98. The minimum absolute atomic E-state index is 0. The summed E-state index contributed by atoms with van der Waals surface area (Å²) in [5, 5.41) is 14.9. The molecular weight excluding hydrogens is 250 g/mol. The van der Waals surface area contributed by atoms with E-state index in [2.05, 4.69) is 10.6 Å². The van der Waals surface area contributed by atoms with Crippen molar-refractivity contribution in [2.45, 2.75) is 18.9 Å². The number of halogens is 1. The fourth-order valence-corrected chi connectivity index (χ4v) is 1.94. The summed E-state index contributed by atoms with van der Waals surface area (Å²) >= 11 is 0. The van der Waals surface area contributed by atoms with Gasteiger partial charge in [-0.2, -0.15) is 5.26 Å². The van der Waals surface area contributed by atoms with Crippen LogP contribution in [-0.4, -0.2) is 25.0 Å². The quantitative estimate of drug-likeness (QED) is 0.851. The van der Waals surface area contributed by atoms with Gasteiger partial charge in [-0.1, -0.05) is 0 Å². The molecule has 0 saturated carbocycles. The van der Waals surface area contributed by atoms with Crippen LogP contribution in [-0.2, 0) is 0 Å². The molecule has 1 atom stereocenters. The summed E-state index contributed by atoms with van der Waals surface area (Å²) in [5.41, 5.74) is 1.18. The van der Waals surface area contributed by atoms with Crippen LogP contribution in [0, 0.1) is 11.3 Å². The van der Waals surface area contributed by atoms with E-state index in [9.17, 15) is 4.79 Å². The molecular formula is C13H16ClN3O. The number of nitrogens with one attached hydrogen (secondary N) is 2. The van der Waals surface area contributed by atoms with Crippen molar-refractivity contribution in [2.24, 2.45) is 0 Å². The summed E-state index contributed by atoms with van der Waals surface area (Å²) in [6.45, 7) is 1.87. The van der Waals surface area contributed by atoms with Gasteiger partial charge in [0, 0.05) is 18.2 Å². The number of piperidine rings is 1. The molecule has 96 valence electrons. The van der Waals surface area contributed by atoms with Gasteiger partial charge >= 0.3 is 0 Å². The Balaban J connectivity index is 0.00000162. The fourth-order valence-electron chi connectivity index (χ4n) is 1.94. The number of amides is 1. The van der Waals surface area contributed by atoms with E-state index in [1.165, 1.54) is 0 Å². The van der Waals surface area contributed by atoms with E-state index < -0.39 is 0 Å². The lowest BCUT2D eigenvalue weighted by Crippen LogP contribution is -2.45. The van der Waals surface area contributed by atoms with E-state index >= 15 is 0 Å². The van der Waals surface area contributed by atoms with Crippen LogP contribution in [0.2, 0.25) is 0 Å². The number of nitriles is 1. The lowest BCUT2D eigenvalue weighted by molar-refractivity contribution is 0.0930. The van der Waals surface area contributed by atoms with Gasteiger partial charge in [0.15, 0.2) is 0 Å². The molecule has 1 fully saturated rings. The summed E-state index contributed by atoms with van der Waals surface area (Å²) in [7, 11) is 0. The Labute approximate surface area is 113 Å². The van der Waals surface area contributed by atoms with Crippen molar-refractivity contribution >= 4 is 18.3 Å². The summed E-state index contributed by atoms with van der Waals surface area (Å²) in [6.07, 6.45) is 2.12. The van der Waals surface area contributed by atoms with Crippen molar-refractivity contribution < 1.29 is 4.79 Å². The van der Waals surface area contributed by atoms with Crippen molar-refractivity contribution in [3.05, 3.63) is 35.4 Å². The molecule has 4 nitrogen and oxygen atoms in total. The van der Waals surface area contributed by atoms with Crippen LogP contribution >= 0.6 is 12.4 Å². The summed E-state index contributed by atoms with van der Waals surface area (Å²) in [4.78, 5) is 11.9. The minimum atomic E-state index is -0.0665. The monoisotopic (exact) mass is 265 g/mol. The SMILES string of the molecule is Cl.N#Cc1ccc(C(=O)NC2CCCNC2)cc1. The predicted octanol–water partition coefficient (Wildman–Crippen LogP) is 1.46. The van der Waals surface area contributed by atoms with Crippen LogP contribution in [0.1, 0.15) is 28.8 Å². The third-order valence-electron chi connectivity index (χ3n) is 2.91. The maximum atomic E-state index is 11.9. The number of rotatable bonds is 2. The molecule has 2 N–H and O–H groups in total. The molecule has 2 rings (SSSR count). The molecule has 1 aromatic carbocycles. The van der Waals surface area contributed by atoms with E-state index in [0.29, 0.717) is 11.1 Å². The lowest BCUT2D eigenvalue weighted by Gasteiger charge is -2.23. The maximum Gasteiger partial charge on any atom is 0.251 e. The molecule has 1 aliphatic heterocycles. The van der Waals surface area contributed by atoms with Crippen LogP contribution in [0.5, 0.6) is 0 Å². The number of carbonyl (C=O) groups is 1. The number of hydrogen-bond acceptors (Lipinski definition) is 3. The van der Waals surface area contributed by atoms with Crippen LogP contribution in [0.4, 0.5) is 0 Å². The van der Waals surface area contributed by atoms with Gasteiger partial charge in [0.05, 0.1) is 11.6 Å². The molecule has 1 amide bonds. The highest BCUT2D eigenvalue weighted by atomic mass is 35.5. The summed E-state index contributed by atoms with van der Waals surface area (Å²) in [5.74, 6) is -0.0665. The maximum absolute atomic E-state index is 11.9. The molecule has 0 radical (unpaired) electrons. The van der Waals surface area contributed by atoms with Crippen LogP contribution in [0.3, 0.4) is 0 Å². The van der Waals surface area contributed by atoms with Crippen LogP contribution in [0.25, 0.3) is 0 Å². The van der Waals surface area contributed by atoms with Crippen molar-refractivity contribution in [2.75, 3.05) is 13.1 Å². The average Bonchev–Trinajstić information content (AvgIpc) is 2.40. The first-order chi connectivity index (χ1) is 8.29. The lowest BCUT2D eigenvalue weighted by atomic mass is 10.1. The van der Waals surface area contributed by atoms with Crippen molar-refractivity contribution in [1.82, 2.24) is 10.6 Å². The second-order valence-electron chi connectivity index (χ2n) is 4.21. The van der Waals surface area contributed by atoms with Crippen molar-refractivity contribution in [3.8, 4) is 6.07 Å². The molecule has 0 bridgehead atoms. The standard InChI is InChI=1S/C13H15N3O.ClH/c14-8-10-3-5-11(6-4-10)13(17)16-12-2-1-7-15-9-12;/h3-6,12,15H,1-2,7,9H2,(H,16,17);1H. The van der Waals surface area contributed by atoms with Gasteiger partial charge < -0.3 is 10.6 Å². The molecule has 5 heteroatoms. The normalized spacial score (nSPS) is 18.3. The summed E-state index contributed by atoms with van der Waals surface area (Å²) in [6, 6.07) is 8.94. The highest BCUT2D eigenvalue weighted by Gasteiger charge is 2.15. The van der Waals surface area contributed by atoms with Crippen molar-refractivity contribution in [3.63, 3.8) is 0 Å². The first kappa shape index (κ1) is 14.5. The zero-order valence-corrected chi connectivity index (χ0v) is 10.8. The molecule has 1 unspecified atom stereocenters. The molecule has 1 aromatic rings. The minimum Gasteiger partial charge on any atom is -0.348 e. The van der Waals surface area contributed by atoms with Crippen LogP contribution in [0.15, 0.2) is 24.3 Å².